The van der Waals surface area contributed by atoms with Crippen molar-refractivity contribution in [3.63, 3.8) is 0 Å². The van der Waals surface area contributed by atoms with E-state index in [9.17, 15) is 0 Å². The molecule has 0 amide bonds. The monoisotopic (exact) mass is 253 g/mol. The molecule has 0 saturated carbocycles. The summed E-state index contributed by atoms with van der Waals surface area (Å²) in [6.07, 6.45) is 2.11. The Morgan fingerprint density at radius 3 is 2.61 bits per heavy atom. The zero-order valence-electron chi connectivity index (χ0n) is 11.2. The van der Waals surface area contributed by atoms with E-state index in [0.717, 1.165) is 24.2 Å². The first-order valence-corrected chi connectivity index (χ1v) is 6.48. The van der Waals surface area contributed by atoms with Crippen molar-refractivity contribution in [3.8, 4) is 11.5 Å². The van der Waals surface area contributed by atoms with Gasteiger partial charge >= 0.3 is 0 Å². The minimum Gasteiger partial charge on any atom is -0.490 e. The van der Waals surface area contributed by atoms with Crippen molar-refractivity contribution in [2.24, 2.45) is 5.73 Å². The quantitative estimate of drug-likeness (QED) is 0.697. The van der Waals surface area contributed by atoms with Crippen LogP contribution in [0.15, 0.2) is 18.2 Å². The third kappa shape index (κ3) is 4.20. The molecule has 102 valence electrons. The number of hydrogen-bond acceptors (Lipinski definition) is 4. The molecule has 18 heavy (non-hydrogen) atoms. The first-order valence-electron chi connectivity index (χ1n) is 6.48. The lowest BCUT2D eigenvalue weighted by molar-refractivity contribution is 0.263. The lowest BCUT2D eigenvalue weighted by Gasteiger charge is -2.15. The molecule has 4 nitrogen and oxygen atoms in total. The van der Waals surface area contributed by atoms with Gasteiger partial charge in [-0.2, -0.15) is 0 Å². The number of aliphatic hydroxyl groups is 1. The first-order chi connectivity index (χ1) is 8.72. The average molecular weight is 253 g/mol. The van der Waals surface area contributed by atoms with Crippen LogP contribution in [-0.4, -0.2) is 24.9 Å². The second-order valence-electron chi connectivity index (χ2n) is 4.13. The highest BCUT2D eigenvalue weighted by atomic mass is 16.5. The Kier molecular flexibility index (Phi) is 6.54. The van der Waals surface area contributed by atoms with Crippen LogP contribution in [0, 0.1) is 0 Å². The van der Waals surface area contributed by atoms with Gasteiger partial charge in [0, 0.05) is 0 Å². The molecule has 0 aliphatic heterocycles. The first kappa shape index (κ1) is 14.8. The molecule has 0 spiro atoms. The minimum absolute atomic E-state index is 0.0817. The van der Waals surface area contributed by atoms with Gasteiger partial charge in [-0.3, -0.25) is 0 Å². The molecule has 0 unspecified atom stereocenters. The Labute approximate surface area is 109 Å². The van der Waals surface area contributed by atoms with E-state index >= 15 is 0 Å². The Balaban J connectivity index is 2.82. The van der Waals surface area contributed by atoms with Crippen molar-refractivity contribution in [1.82, 2.24) is 0 Å². The summed E-state index contributed by atoms with van der Waals surface area (Å²) in [5.74, 6) is 1.43. The molecule has 1 atom stereocenters. The highest BCUT2D eigenvalue weighted by Gasteiger charge is 2.10. The zero-order chi connectivity index (χ0) is 13.4. The summed E-state index contributed by atoms with van der Waals surface area (Å²) in [5.41, 5.74) is 6.64. The number of rotatable bonds is 8. The number of unbranched alkanes of at least 4 members (excludes halogenated alkanes) is 1. The van der Waals surface area contributed by atoms with E-state index in [1.54, 1.807) is 0 Å². The predicted octanol–water partition coefficient (Wildman–Crippen LogP) is 2.26. The fraction of sp³-hybridized carbons (Fsp3) is 0.571. The summed E-state index contributed by atoms with van der Waals surface area (Å²) in [6, 6.07) is 5.18. The third-order valence-electron chi connectivity index (χ3n) is 2.65. The molecule has 0 aliphatic rings. The van der Waals surface area contributed by atoms with Crippen LogP contribution < -0.4 is 15.2 Å². The molecule has 3 N–H and O–H groups in total. The molecule has 4 heteroatoms. The normalized spacial score (nSPS) is 12.2. The van der Waals surface area contributed by atoms with Crippen molar-refractivity contribution < 1.29 is 14.6 Å². The fourth-order valence-electron chi connectivity index (χ4n) is 1.57. The van der Waals surface area contributed by atoms with Crippen LogP contribution >= 0.6 is 0 Å². The number of aliphatic hydroxyl groups excluding tert-OH is 1. The van der Waals surface area contributed by atoms with E-state index in [4.69, 9.17) is 20.3 Å². The molecule has 0 aliphatic carbocycles. The van der Waals surface area contributed by atoms with E-state index in [1.807, 2.05) is 25.1 Å². The third-order valence-corrected chi connectivity index (χ3v) is 2.65. The maximum absolute atomic E-state index is 9.05. The van der Waals surface area contributed by atoms with E-state index in [-0.39, 0.29) is 12.6 Å². The highest BCUT2D eigenvalue weighted by Crippen LogP contribution is 2.30. The number of nitrogens with two attached hydrogens (primary N) is 1. The lowest BCUT2D eigenvalue weighted by atomic mass is 10.1. The topological polar surface area (TPSA) is 64.7 Å². The second kappa shape index (κ2) is 7.95. The lowest BCUT2D eigenvalue weighted by Crippen LogP contribution is -2.14. The Morgan fingerprint density at radius 1 is 1.22 bits per heavy atom. The average Bonchev–Trinajstić information content (AvgIpc) is 2.40. The molecular formula is C14H23NO3. The van der Waals surface area contributed by atoms with Gasteiger partial charge < -0.3 is 20.3 Å². The van der Waals surface area contributed by atoms with Gasteiger partial charge in [-0.25, -0.2) is 0 Å². The summed E-state index contributed by atoms with van der Waals surface area (Å²) >= 11 is 0. The summed E-state index contributed by atoms with van der Waals surface area (Å²) in [4.78, 5) is 0. The molecule has 0 aromatic heterocycles. The summed E-state index contributed by atoms with van der Waals surface area (Å²) in [6.45, 7) is 5.22. The van der Waals surface area contributed by atoms with Crippen molar-refractivity contribution >= 4 is 0 Å². The Hall–Kier alpha value is -1.26. The maximum Gasteiger partial charge on any atom is 0.161 e. The van der Waals surface area contributed by atoms with Crippen molar-refractivity contribution in [2.45, 2.75) is 32.7 Å². The van der Waals surface area contributed by atoms with Crippen LogP contribution in [0.2, 0.25) is 0 Å². The van der Waals surface area contributed by atoms with Gasteiger partial charge in [0.2, 0.25) is 0 Å². The van der Waals surface area contributed by atoms with Crippen LogP contribution in [0.4, 0.5) is 0 Å². The molecule has 0 fully saturated rings. The Bertz CT molecular complexity index is 355. The van der Waals surface area contributed by atoms with Gasteiger partial charge in [0.15, 0.2) is 11.5 Å². The highest BCUT2D eigenvalue weighted by molar-refractivity contribution is 5.43. The van der Waals surface area contributed by atoms with Crippen LogP contribution in [0.25, 0.3) is 0 Å². The van der Waals surface area contributed by atoms with Gasteiger partial charge in [-0.15, -0.1) is 0 Å². The van der Waals surface area contributed by atoms with E-state index in [0.29, 0.717) is 19.0 Å². The largest absolute Gasteiger partial charge is 0.490 e. The van der Waals surface area contributed by atoms with Gasteiger partial charge in [-0.05, 0) is 31.0 Å². The molecule has 0 saturated heterocycles. The van der Waals surface area contributed by atoms with Gasteiger partial charge in [0.1, 0.15) is 0 Å². The summed E-state index contributed by atoms with van der Waals surface area (Å²) < 4.78 is 11.2. The van der Waals surface area contributed by atoms with E-state index in [2.05, 4.69) is 6.92 Å². The van der Waals surface area contributed by atoms with Crippen molar-refractivity contribution in [2.75, 3.05) is 19.8 Å². The van der Waals surface area contributed by atoms with Crippen LogP contribution in [-0.2, 0) is 0 Å². The van der Waals surface area contributed by atoms with Crippen molar-refractivity contribution in [3.05, 3.63) is 23.8 Å². The Morgan fingerprint density at radius 2 is 2.00 bits per heavy atom. The molecule has 1 rings (SSSR count). The van der Waals surface area contributed by atoms with Crippen molar-refractivity contribution in [1.29, 1.82) is 0 Å². The standard InChI is InChI=1S/C14H23NO3/c1-3-5-8-18-13-7-6-11(12(15)10-16)9-14(13)17-4-2/h6-7,9,12,16H,3-5,8,10,15H2,1-2H3/t12-/m1/s1. The van der Waals surface area contributed by atoms with Gasteiger partial charge in [0.25, 0.3) is 0 Å². The summed E-state index contributed by atoms with van der Waals surface area (Å²) in [7, 11) is 0. The van der Waals surface area contributed by atoms with E-state index in [1.165, 1.54) is 0 Å². The van der Waals surface area contributed by atoms with Crippen LogP contribution in [0.5, 0.6) is 11.5 Å². The van der Waals surface area contributed by atoms with E-state index < -0.39 is 0 Å². The fourth-order valence-corrected chi connectivity index (χ4v) is 1.57. The molecule has 1 aromatic carbocycles. The molecule has 0 bridgehead atoms. The summed E-state index contributed by atoms with van der Waals surface area (Å²) in [5, 5.41) is 9.05. The van der Waals surface area contributed by atoms with Gasteiger partial charge in [-0.1, -0.05) is 19.4 Å². The maximum atomic E-state index is 9.05. The van der Waals surface area contributed by atoms with Crippen LogP contribution in [0.3, 0.4) is 0 Å². The number of benzene rings is 1. The molecular weight excluding hydrogens is 230 g/mol. The predicted molar refractivity (Wildman–Crippen MR) is 72.0 cm³/mol. The molecule has 0 heterocycles. The smallest absolute Gasteiger partial charge is 0.161 e. The molecule has 0 radical (unpaired) electrons. The van der Waals surface area contributed by atoms with Crippen LogP contribution in [0.1, 0.15) is 38.3 Å². The number of ether oxygens (including phenoxy) is 2. The van der Waals surface area contributed by atoms with Gasteiger partial charge in [0.05, 0.1) is 25.9 Å². The number of hydrogen-bond donors (Lipinski definition) is 2. The zero-order valence-corrected chi connectivity index (χ0v) is 11.2. The molecule has 1 aromatic rings. The minimum atomic E-state index is -0.381. The SMILES string of the molecule is CCCCOc1ccc([C@H](N)CO)cc1OCC. The second-order valence-corrected chi connectivity index (χ2v) is 4.13.